The van der Waals surface area contributed by atoms with E-state index in [4.69, 9.17) is 18.9 Å². The third-order valence-electron chi connectivity index (χ3n) is 3.25. The lowest BCUT2D eigenvalue weighted by Gasteiger charge is -2.31. The number of rotatable bonds is 8. The van der Waals surface area contributed by atoms with Gasteiger partial charge in [0.25, 0.3) is 0 Å². The van der Waals surface area contributed by atoms with Crippen molar-refractivity contribution in [2.24, 2.45) is 0 Å². The van der Waals surface area contributed by atoms with Gasteiger partial charge < -0.3 is 0 Å². The fraction of sp³-hybridized carbons (Fsp3) is 0.667. The van der Waals surface area contributed by atoms with Crippen LogP contribution in [0.3, 0.4) is 0 Å². The monoisotopic (exact) mass is 370 g/mol. The first kappa shape index (κ1) is 21.5. The smallest absolute Gasteiger partial charge is 0.230 e. The van der Waals surface area contributed by atoms with Crippen LogP contribution in [0.4, 0.5) is 0 Å². The van der Waals surface area contributed by atoms with Crippen LogP contribution in [0.2, 0.25) is 39.3 Å². The molecule has 138 valence electrons. The molecule has 0 amide bonds. The molecule has 0 saturated carbocycles. The Hall–Kier alpha value is -0.506. The molecule has 24 heavy (non-hydrogen) atoms. The molecule has 0 N–H and O–H groups in total. The van der Waals surface area contributed by atoms with Gasteiger partial charge in [-0.1, -0.05) is 18.2 Å². The molecule has 4 nitrogen and oxygen atoms in total. The summed E-state index contributed by atoms with van der Waals surface area (Å²) in [5, 5.41) is 0. The van der Waals surface area contributed by atoms with E-state index < -0.39 is 27.8 Å². The molecule has 0 aliphatic rings. The van der Waals surface area contributed by atoms with Crippen LogP contribution < -0.4 is 0 Å². The standard InChI is InChI=1S/C18H34O4Si2/c1-17(2,19-21-23(5,6)7)15-12-11-13-16(14-15)18(3,4)20-22-24(8,9)10/h11-14H,1-10H3. The van der Waals surface area contributed by atoms with E-state index in [9.17, 15) is 0 Å². The molecule has 0 bridgehead atoms. The Morgan fingerprint density at radius 1 is 0.667 bits per heavy atom. The molecule has 0 saturated heterocycles. The van der Waals surface area contributed by atoms with Crippen molar-refractivity contribution in [3.8, 4) is 0 Å². The minimum absolute atomic E-state index is 0.536. The second-order valence-corrected chi connectivity index (χ2v) is 17.9. The van der Waals surface area contributed by atoms with Gasteiger partial charge in [-0.3, -0.25) is 9.15 Å². The van der Waals surface area contributed by atoms with E-state index in [2.05, 4.69) is 45.3 Å². The molecule has 1 aromatic rings. The zero-order valence-electron chi connectivity index (χ0n) is 16.9. The van der Waals surface area contributed by atoms with E-state index >= 15 is 0 Å². The highest BCUT2D eigenvalue weighted by molar-refractivity contribution is 6.69. The summed E-state index contributed by atoms with van der Waals surface area (Å²) in [6, 6.07) is 8.21. The van der Waals surface area contributed by atoms with Crippen molar-refractivity contribution in [3.63, 3.8) is 0 Å². The first-order valence-corrected chi connectivity index (χ1v) is 15.3. The summed E-state index contributed by atoms with van der Waals surface area (Å²) in [6.07, 6.45) is 0. The van der Waals surface area contributed by atoms with Gasteiger partial charge in [0.05, 0.1) is 0 Å². The Labute approximate surface area is 149 Å². The van der Waals surface area contributed by atoms with E-state index in [1.54, 1.807) is 0 Å². The van der Waals surface area contributed by atoms with Crippen LogP contribution in [0, 0.1) is 0 Å². The van der Waals surface area contributed by atoms with Crippen LogP contribution in [0.1, 0.15) is 38.8 Å². The highest BCUT2D eigenvalue weighted by Crippen LogP contribution is 2.32. The molecule has 0 atom stereocenters. The lowest BCUT2D eigenvalue weighted by atomic mass is 9.91. The van der Waals surface area contributed by atoms with Gasteiger partial charge in [-0.05, 0) is 84.2 Å². The SMILES string of the molecule is CC(C)(OO[Si](C)(C)C)c1cccc(C(C)(C)OO[Si](C)(C)C)c1. The Morgan fingerprint density at radius 2 is 1.00 bits per heavy atom. The van der Waals surface area contributed by atoms with Crippen molar-refractivity contribution in [1.82, 2.24) is 0 Å². The third kappa shape index (κ3) is 7.17. The van der Waals surface area contributed by atoms with E-state index in [1.165, 1.54) is 0 Å². The number of hydrogen-bond donors (Lipinski definition) is 0. The maximum atomic E-state index is 5.76. The van der Waals surface area contributed by atoms with Gasteiger partial charge in [-0.25, -0.2) is 9.78 Å². The summed E-state index contributed by atoms with van der Waals surface area (Å²) < 4.78 is 11.3. The van der Waals surface area contributed by atoms with Gasteiger partial charge in [0.1, 0.15) is 11.2 Å². The molecule has 0 fully saturated rings. The molecule has 6 heteroatoms. The second-order valence-electron chi connectivity index (χ2n) is 9.16. The largest absolute Gasteiger partial charge is 0.286 e. The number of hydrogen-bond acceptors (Lipinski definition) is 4. The van der Waals surface area contributed by atoms with Gasteiger partial charge in [-0.2, -0.15) is 0 Å². The molecule has 0 unspecified atom stereocenters. The van der Waals surface area contributed by atoms with Crippen LogP contribution >= 0.6 is 0 Å². The Balaban J connectivity index is 2.96. The van der Waals surface area contributed by atoms with Gasteiger partial charge in [0.15, 0.2) is 0 Å². The van der Waals surface area contributed by atoms with E-state index in [1.807, 2.05) is 45.9 Å². The summed E-state index contributed by atoms with van der Waals surface area (Å²) in [6.45, 7) is 20.7. The van der Waals surface area contributed by atoms with Crippen molar-refractivity contribution in [2.75, 3.05) is 0 Å². The topological polar surface area (TPSA) is 36.9 Å². The molecule has 0 heterocycles. The summed E-state index contributed by atoms with van der Waals surface area (Å²) in [7, 11) is -3.49. The van der Waals surface area contributed by atoms with Crippen molar-refractivity contribution >= 4 is 16.6 Å². The van der Waals surface area contributed by atoms with Crippen LogP contribution in [-0.2, 0) is 30.1 Å². The van der Waals surface area contributed by atoms with Gasteiger partial charge in [-0.15, -0.1) is 0 Å². The number of benzene rings is 1. The summed E-state index contributed by atoms with van der Waals surface area (Å²) in [4.78, 5) is 11.5. The summed E-state index contributed by atoms with van der Waals surface area (Å²) in [5.41, 5.74) is 1.02. The quantitative estimate of drug-likeness (QED) is 0.333. The maximum absolute atomic E-state index is 5.76. The fourth-order valence-electron chi connectivity index (χ4n) is 1.82. The lowest BCUT2D eigenvalue weighted by molar-refractivity contribution is -0.298. The van der Waals surface area contributed by atoms with Crippen LogP contribution in [0.25, 0.3) is 0 Å². The Bertz CT molecular complexity index is 497. The van der Waals surface area contributed by atoms with Gasteiger partial charge in [0, 0.05) is 0 Å². The van der Waals surface area contributed by atoms with Crippen molar-refractivity contribution in [2.45, 2.75) is 78.2 Å². The second kappa shape index (κ2) is 7.39. The predicted octanol–water partition coefficient (Wildman–Crippen LogP) is 5.72. The highest BCUT2D eigenvalue weighted by Gasteiger charge is 2.31. The van der Waals surface area contributed by atoms with Crippen LogP contribution in [0.5, 0.6) is 0 Å². The fourth-order valence-corrected chi connectivity index (χ4v) is 2.74. The van der Waals surface area contributed by atoms with E-state index in [-0.39, 0.29) is 0 Å². The summed E-state index contributed by atoms with van der Waals surface area (Å²) in [5.74, 6) is 0. The lowest BCUT2D eigenvalue weighted by Crippen LogP contribution is -2.33. The average Bonchev–Trinajstić information content (AvgIpc) is 2.42. The van der Waals surface area contributed by atoms with Gasteiger partial charge in [0.2, 0.25) is 16.6 Å². The van der Waals surface area contributed by atoms with E-state index in [0.29, 0.717) is 0 Å². The average molecular weight is 371 g/mol. The van der Waals surface area contributed by atoms with Crippen molar-refractivity contribution in [3.05, 3.63) is 35.4 Å². The van der Waals surface area contributed by atoms with E-state index in [0.717, 1.165) is 11.1 Å². The first-order valence-electron chi connectivity index (χ1n) is 8.47. The van der Waals surface area contributed by atoms with Crippen molar-refractivity contribution in [1.29, 1.82) is 0 Å². The third-order valence-corrected chi connectivity index (χ3v) is 4.42. The first-order chi connectivity index (χ1) is 10.6. The molecule has 1 rings (SSSR count). The Kier molecular flexibility index (Phi) is 6.63. The van der Waals surface area contributed by atoms with Crippen LogP contribution in [-0.4, -0.2) is 16.6 Å². The Morgan fingerprint density at radius 3 is 1.29 bits per heavy atom. The normalized spacial score (nSPS) is 14.1. The molecular weight excluding hydrogens is 336 g/mol. The minimum Gasteiger partial charge on any atom is -0.286 e. The molecule has 0 aromatic heterocycles. The zero-order valence-corrected chi connectivity index (χ0v) is 18.9. The molecular formula is C18H34O4Si2. The molecule has 0 aliphatic heterocycles. The predicted molar refractivity (Wildman–Crippen MR) is 104 cm³/mol. The van der Waals surface area contributed by atoms with Gasteiger partial charge >= 0.3 is 0 Å². The molecule has 0 aliphatic carbocycles. The summed E-state index contributed by atoms with van der Waals surface area (Å²) >= 11 is 0. The highest BCUT2D eigenvalue weighted by atomic mass is 28.4. The van der Waals surface area contributed by atoms with Crippen LogP contribution in [0.15, 0.2) is 24.3 Å². The molecule has 0 radical (unpaired) electrons. The minimum atomic E-state index is -1.75. The zero-order chi connectivity index (χ0) is 18.8. The maximum Gasteiger partial charge on any atom is 0.230 e. The molecule has 1 aromatic carbocycles. The molecule has 0 spiro atoms. The van der Waals surface area contributed by atoms with Crippen molar-refractivity contribution < 1.29 is 18.9 Å².